The van der Waals surface area contributed by atoms with Gasteiger partial charge in [-0.1, -0.05) is 12.6 Å². The zero-order chi connectivity index (χ0) is 16.4. The number of anilines is 1. The summed E-state index contributed by atoms with van der Waals surface area (Å²) in [4.78, 5) is 11.4. The standard InChI is InChI=1S/C18H15F2NO2/c1-2-18(22)21-12-5-3-11-4-8-17(14(11)9-12)23-13-6-7-15(19)16(20)10-13/h2-3,5-7,9-10,17H,1,4,8H2,(H,21,22). The van der Waals surface area contributed by atoms with Gasteiger partial charge in [-0.2, -0.15) is 0 Å². The Morgan fingerprint density at radius 1 is 1.22 bits per heavy atom. The lowest BCUT2D eigenvalue weighted by Gasteiger charge is -2.16. The van der Waals surface area contributed by atoms with Crippen LogP contribution in [0.1, 0.15) is 23.7 Å². The fraction of sp³-hybridized carbons (Fsp3) is 0.167. The van der Waals surface area contributed by atoms with Gasteiger partial charge in [0.25, 0.3) is 0 Å². The number of halogens is 2. The number of carbonyl (C=O) groups is 1. The summed E-state index contributed by atoms with van der Waals surface area (Å²) in [7, 11) is 0. The molecule has 0 bridgehead atoms. The van der Waals surface area contributed by atoms with Crippen LogP contribution in [-0.4, -0.2) is 5.91 Å². The Morgan fingerprint density at radius 2 is 2.04 bits per heavy atom. The fourth-order valence-electron chi connectivity index (χ4n) is 2.67. The topological polar surface area (TPSA) is 38.3 Å². The molecule has 0 saturated carbocycles. The van der Waals surface area contributed by atoms with Gasteiger partial charge in [0.15, 0.2) is 11.6 Å². The molecule has 23 heavy (non-hydrogen) atoms. The molecule has 1 atom stereocenters. The van der Waals surface area contributed by atoms with Crippen molar-refractivity contribution >= 4 is 11.6 Å². The van der Waals surface area contributed by atoms with E-state index in [0.717, 1.165) is 36.1 Å². The number of carbonyl (C=O) groups excluding carboxylic acids is 1. The second-order valence-corrected chi connectivity index (χ2v) is 5.33. The maximum Gasteiger partial charge on any atom is 0.247 e. The highest BCUT2D eigenvalue weighted by molar-refractivity contribution is 5.98. The van der Waals surface area contributed by atoms with Crippen molar-refractivity contribution in [3.8, 4) is 5.75 Å². The first-order chi connectivity index (χ1) is 11.1. The lowest BCUT2D eigenvalue weighted by Crippen LogP contribution is -2.09. The SMILES string of the molecule is C=CC(=O)Nc1ccc2c(c1)C(Oc1ccc(F)c(F)c1)CC2. The van der Waals surface area contributed by atoms with Gasteiger partial charge >= 0.3 is 0 Å². The minimum absolute atomic E-state index is 0.254. The Morgan fingerprint density at radius 3 is 2.78 bits per heavy atom. The van der Waals surface area contributed by atoms with Crippen LogP contribution in [0, 0.1) is 11.6 Å². The summed E-state index contributed by atoms with van der Waals surface area (Å²) >= 11 is 0. The van der Waals surface area contributed by atoms with Crippen LogP contribution in [0.15, 0.2) is 49.1 Å². The summed E-state index contributed by atoms with van der Waals surface area (Å²) in [5.74, 6) is -1.85. The molecule has 0 aromatic heterocycles. The third kappa shape index (κ3) is 3.23. The van der Waals surface area contributed by atoms with E-state index in [9.17, 15) is 13.6 Å². The first-order valence-corrected chi connectivity index (χ1v) is 7.25. The van der Waals surface area contributed by atoms with Gasteiger partial charge in [-0.05, 0) is 54.3 Å². The Labute approximate surface area is 132 Å². The second-order valence-electron chi connectivity index (χ2n) is 5.33. The molecule has 0 radical (unpaired) electrons. The van der Waals surface area contributed by atoms with Crippen molar-refractivity contribution in [3.05, 3.63) is 71.8 Å². The van der Waals surface area contributed by atoms with E-state index in [0.29, 0.717) is 5.69 Å². The number of fused-ring (bicyclic) bond motifs is 1. The van der Waals surface area contributed by atoms with E-state index in [4.69, 9.17) is 4.74 Å². The summed E-state index contributed by atoms with van der Waals surface area (Å²) in [6, 6.07) is 9.08. The highest BCUT2D eigenvalue weighted by Crippen LogP contribution is 2.36. The van der Waals surface area contributed by atoms with Crippen molar-refractivity contribution in [3.63, 3.8) is 0 Å². The van der Waals surface area contributed by atoms with Gasteiger partial charge in [0.2, 0.25) is 5.91 Å². The molecular weight excluding hydrogens is 300 g/mol. The van der Waals surface area contributed by atoms with Crippen molar-refractivity contribution in [2.75, 3.05) is 5.32 Å². The average Bonchev–Trinajstić information content (AvgIpc) is 2.93. The minimum atomic E-state index is -0.937. The monoisotopic (exact) mass is 315 g/mol. The molecule has 1 unspecified atom stereocenters. The molecule has 3 nitrogen and oxygen atoms in total. The largest absolute Gasteiger partial charge is 0.486 e. The Balaban J connectivity index is 1.82. The normalized spacial score (nSPS) is 15.8. The molecule has 1 aliphatic rings. The van der Waals surface area contributed by atoms with Gasteiger partial charge in [-0.25, -0.2) is 8.78 Å². The number of ether oxygens (including phenoxy) is 1. The van der Waals surface area contributed by atoms with E-state index < -0.39 is 11.6 Å². The predicted molar refractivity (Wildman–Crippen MR) is 83.3 cm³/mol. The number of benzene rings is 2. The van der Waals surface area contributed by atoms with Crippen molar-refractivity contribution in [2.24, 2.45) is 0 Å². The van der Waals surface area contributed by atoms with Gasteiger partial charge in [0, 0.05) is 11.8 Å². The first-order valence-electron chi connectivity index (χ1n) is 7.25. The summed E-state index contributed by atoms with van der Waals surface area (Å²) in [6.07, 6.45) is 2.52. The Hall–Kier alpha value is -2.69. The molecule has 0 saturated heterocycles. The third-order valence-electron chi connectivity index (χ3n) is 3.79. The quantitative estimate of drug-likeness (QED) is 0.861. The molecule has 0 fully saturated rings. The molecule has 2 aromatic carbocycles. The van der Waals surface area contributed by atoms with Gasteiger partial charge in [0.05, 0.1) is 0 Å². The number of amides is 1. The van der Waals surface area contributed by atoms with Crippen molar-refractivity contribution in [2.45, 2.75) is 18.9 Å². The lowest BCUT2D eigenvalue weighted by atomic mass is 10.1. The maximum absolute atomic E-state index is 13.3. The highest BCUT2D eigenvalue weighted by Gasteiger charge is 2.25. The number of rotatable bonds is 4. The van der Waals surface area contributed by atoms with E-state index in [2.05, 4.69) is 11.9 Å². The van der Waals surface area contributed by atoms with Crippen molar-refractivity contribution < 1.29 is 18.3 Å². The summed E-state index contributed by atoms with van der Waals surface area (Å²) < 4.78 is 32.0. The number of aryl methyl sites for hydroxylation is 1. The Bertz CT molecular complexity index is 774. The predicted octanol–water partition coefficient (Wildman–Crippen LogP) is 4.16. The maximum atomic E-state index is 13.3. The molecule has 1 aliphatic carbocycles. The fourth-order valence-corrected chi connectivity index (χ4v) is 2.67. The smallest absolute Gasteiger partial charge is 0.247 e. The molecule has 2 aromatic rings. The van der Waals surface area contributed by atoms with Crippen LogP contribution in [0.25, 0.3) is 0 Å². The molecule has 3 rings (SSSR count). The summed E-state index contributed by atoms with van der Waals surface area (Å²) in [5, 5.41) is 2.70. The van der Waals surface area contributed by atoms with E-state index in [-0.39, 0.29) is 17.8 Å². The van der Waals surface area contributed by atoms with E-state index in [1.54, 1.807) is 0 Å². The Kier molecular flexibility index (Phi) is 4.10. The van der Waals surface area contributed by atoms with Crippen LogP contribution in [0.5, 0.6) is 5.75 Å². The van der Waals surface area contributed by atoms with E-state index in [1.807, 2.05) is 18.2 Å². The first kappa shape index (κ1) is 15.2. The molecule has 1 amide bonds. The lowest BCUT2D eigenvalue weighted by molar-refractivity contribution is -0.111. The van der Waals surface area contributed by atoms with Crippen molar-refractivity contribution in [1.82, 2.24) is 0 Å². The van der Waals surface area contributed by atoms with E-state index >= 15 is 0 Å². The molecule has 5 heteroatoms. The van der Waals surface area contributed by atoms with Gasteiger partial charge < -0.3 is 10.1 Å². The zero-order valence-electron chi connectivity index (χ0n) is 12.3. The van der Waals surface area contributed by atoms with Gasteiger partial charge in [-0.3, -0.25) is 4.79 Å². The van der Waals surface area contributed by atoms with Crippen LogP contribution in [0.3, 0.4) is 0 Å². The summed E-state index contributed by atoms with van der Waals surface area (Å²) in [6.45, 7) is 3.41. The van der Waals surface area contributed by atoms with Crippen molar-refractivity contribution in [1.29, 1.82) is 0 Å². The number of hydrogen-bond acceptors (Lipinski definition) is 2. The van der Waals surface area contributed by atoms with Gasteiger partial charge in [0.1, 0.15) is 11.9 Å². The number of hydrogen-bond donors (Lipinski definition) is 1. The minimum Gasteiger partial charge on any atom is -0.486 e. The molecule has 118 valence electrons. The molecule has 0 aliphatic heterocycles. The molecule has 0 heterocycles. The van der Waals surface area contributed by atoms with Crippen LogP contribution in [0.2, 0.25) is 0 Å². The average molecular weight is 315 g/mol. The van der Waals surface area contributed by atoms with Crippen LogP contribution < -0.4 is 10.1 Å². The highest BCUT2D eigenvalue weighted by atomic mass is 19.2. The molecule has 1 N–H and O–H groups in total. The third-order valence-corrected chi connectivity index (χ3v) is 3.79. The molecular formula is C18H15F2NO2. The number of nitrogens with one attached hydrogen (secondary N) is 1. The van der Waals surface area contributed by atoms with Crippen LogP contribution in [-0.2, 0) is 11.2 Å². The van der Waals surface area contributed by atoms with Crippen LogP contribution in [0.4, 0.5) is 14.5 Å². The van der Waals surface area contributed by atoms with E-state index in [1.165, 1.54) is 12.1 Å². The van der Waals surface area contributed by atoms with Gasteiger partial charge in [-0.15, -0.1) is 0 Å². The second kappa shape index (κ2) is 6.20. The van der Waals surface area contributed by atoms with Crippen LogP contribution >= 0.6 is 0 Å². The molecule has 0 spiro atoms. The zero-order valence-corrected chi connectivity index (χ0v) is 12.3. The summed E-state index contributed by atoms with van der Waals surface area (Å²) in [5.41, 5.74) is 2.71.